The minimum atomic E-state index is -0.00647. The molecule has 1 saturated carbocycles. The standard InChI is InChI=1S/C23H31ClN4O2/c24-21-7-2-1-4-19(21)8-9-22(29)27-12-10-25(11-13-27)18-23(30)28-16-14-26(15-17-28)20-5-3-6-20/h1-2,4,7-9,20H,3,5-6,10-18H2/b9-8+. The van der Waals surface area contributed by atoms with Crippen LogP contribution in [0.25, 0.3) is 6.08 Å². The van der Waals surface area contributed by atoms with Gasteiger partial charge in [-0.3, -0.25) is 19.4 Å². The number of carbonyl (C=O) groups excluding carboxylic acids is 2. The minimum Gasteiger partial charge on any atom is -0.339 e. The quantitative estimate of drug-likeness (QED) is 0.672. The molecule has 0 atom stereocenters. The van der Waals surface area contributed by atoms with Crippen molar-refractivity contribution < 1.29 is 9.59 Å². The Bertz CT molecular complexity index is 779. The molecule has 2 saturated heterocycles. The van der Waals surface area contributed by atoms with E-state index in [1.807, 2.05) is 34.1 Å². The van der Waals surface area contributed by atoms with Gasteiger partial charge in [0.1, 0.15) is 0 Å². The van der Waals surface area contributed by atoms with Gasteiger partial charge in [-0.2, -0.15) is 0 Å². The molecule has 1 aromatic rings. The number of rotatable bonds is 5. The highest BCUT2D eigenvalue weighted by Crippen LogP contribution is 2.25. The second-order valence-corrected chi connectivity index (χ2v) is 8.86. The molecule has 0 N–H and O–H groups in total. The van der Waals surface area contributed by atoms with Crippen LogP contribution in [0.4, 0.5) is 0 Å². The molecule has 30 heavy (non-hydrogen) atoms. The lowest BCUT2D eigenvalue weighted by Crippen LogP contribution is -2.56. The first-order chi connectivity index (χ1) is 14.6. The Morgan fingerprint density at radius 3 is 2.23 bits per heavy atom. The van der Waals surface area contributed by atoms with E-state index in [1.165, 1.54) is 19.3 Å². The molecule has 4 rings (SSSR count). The van der Waals surface area contributed by atoms with Crippen molar-refractivity contribution in [2.24, 2.45) is 0 Å². The lowest BCUT2D eigenvalue weighted by molar-refractivity contribution is -0.135. The average Bonchev–Trinajstić information content (AvgIpc) is 2.73. The van der Waals surface area contributed by atoms with E-state index in [2.05, 4.69) is 9.80 Å². The fourth-order valence-electron chi connectivity index (χ4n) is 4.38. The molecule has 2 amide bonds. The Kier molecular flexibility index (Phi) is 7.08. The van der Waals surface area contributed by atoms with E-state index in [9.17, 15) is 9.59 Å². The molecular formula is C23H31ClN4O2. The Balaban J connectivity index is 1.18. The molecule has 0 unspecified atom stereocenters. The van der Waals surface area contributed by atoms with Gasteiger partial charge in [-0.25, -0.2) is 0 Å². The summed E-state index contributed by atoms with van der Waals surface area (Å²) >= 11 is 6.14. The van der Waals surface area contributed by atoms with Crippen molar-refractivity contribution in [1.29, 1.82) is 0 Å². The summed E-state index contributed by atoms with van der Waals surface area (Å²) in [5.41, 5.74) is 0.842. The van der Waals surface area contributed by atoms with Gasteiger partial charge in [0.05, 0.1) is 6.54 Å². The first-order valence-corrected chi connectivity index (χ1v) is 11.4. The maximum atomic E-state index is 12.7. The van der Waals surface area contributed by atoms with Gasteiger partial charge in [0.25, 0.3) is 0 Å². The van der Waals surface area contributed by atoms with Crippen molar-refractivity contribution in [3.05, 3.63) is 40.9 Å². The zero-order valence-corrected chi connectivity index (χ0v) is 18.3. The summed E-state index contributed by atoms with van der Waals surface area (Å²) in [4.78, 5) is 33.7. The summed E-state index contributed by atoms with van der Waals surface area (Å²) in [5.74, 6) is 0.217. The minimum absolute atomic E-state index is 0.00647. The molecule has 3 fully saturated rings. The van der Waals surface area contributed by atoms with Crippen LogP contribution in [-0.4, -0.2) is 96.4 Å². The predicted octanol–water partition coefficient (Wildman–Crippen LogP) is 2.19. The van der Waals surface area contributed by atoms with Crippen molar-refractivity contribution in [3.63, 3.8) is 0 Å². The number of benzene rings is 1. The van der Waals surface area contributed by atoms with Gasteiger partial charge in [0, 0.05) is 69.5 Å². The molecule has 7 heteroatoms. The van der Waals surface area contributed by atoms with E-state index in [4.69, 9.17) is 11.6 Å². The monoisotopic (exact) mass is 430 g/mol. The number of amides is 2. The lowest BCUT2D eigenvalue weighted by Gasteiger charge is -2.43. The van der Waals surface area contributed by atoms with Crippen molar-refractivity contribution in [1.82, 2.24) is 19.6 Å². The number of nitrogens with zero attached hydrogens (tertiary/aromatic N) is 4. The van der Waals surface area contributed by atoms with Gasteiger partial charge in [-0.1, -0.05) is 36.2 Å². The number of halogens is 1. The third-order valence-corrected chi connectivity index (χ3v) is 6.96. The summed E-state index contributed by atoms with van der Waals surface area (Å²) in [7, 11) is 0. The highest BCUT2D eigenvalue weighted by atomic mass is 35.5. The van der Waals surface area contributed by atoms with Crippen LogP contribution in [0.5, 0.6) is 0 Å². The molecule has 0 spiro atoms. The number of carbonyl (C=O) groups is 2. The summed E-state index contributed by atoms with van der Waals surface area (Å²) in [6.45, 7) is 6.94. The van der Waals surface area contributed by atoms with Gasteiger partial charge in [-0.15, -0.1) is 0 Å². The molecule has 2 aliphatic heterocycles. The summed E-state index contributed by atoms with van der Waals surface area (Å²) in [6, 6.07) is 8.24. The molecule has 1 aromatic carbocycles. The highest BCUT2D eigenvalue weighted by Gasteiger charge is 2.30. The van der Waals surface area contributed by atoms with E-state index in [-0.39, 0.29) is 11.8 Å². The van der Waals surface area contributed by atoms with Gasteiger partial charge in [-0.05, 0) is 30.5 Å². The first kappa shape index (κ1) is 21.3. The molecule has 0 radical (unpaired) electrons. The molecule has 6 nitrogen and oxygen atoms in total. The van der Waals surface area contributed by atoms with Crippen LogP contribution >= 0.6 is 11.6 Å². The highest BCUT2D eigenvalue weighted by molar-refractivity contribution is 6.32. The second kappa shape index (κ2) is 9.94. The van der Waals surface area contributed by atoms with Crippen LogP contribution in [-0.2, 0) is 9.59 Å². The van der Waals surface area contributed by atoms with Crippen LogP contribution in [0.3, 0.4) is 0 Å². The van der Waals surface area contributed by atoms with Crippen molar-refractivity contribution in [2.45, 2.75) is 25.3 Å². The fourth-order valence-corrected chi connectivity index (χ4v) is 4.58. The lowest BCUT2D eigenvalue weighted by atomic mass is 9.91. The number of hydrogen-bond donors (Lipinski definition) is 0. The van der Waals surface area contributed by atoms with Crippen LogP contribution in [0.15, 0.2) is 30.3 Å². The Morgan fingerprint density at radius 1 is 0.933 bits per heavy atom. The van der Waals surface area contributed by atoms with Crippen molar-refractivity contribution >= 4 is 29.5 Å². The van der Waals surface area contributed by atoms with Crippen molar-refractivity contribution in [3.8, 4) is 0 Å². The second-order valence-electron chi connectivity index (χ2n) is 8.46. The number of hydrogen-bond acceptors (Lipinski definition) is 4. The largest absolute Gasteiger partial charge is 0.339 e. The summed E-state index contributed by atoms with van der Waals surface area (Å²) in [6.07, 6.45) is 7.36. The maximum Gasteiger partial charge on any atom is 0.246 e. The Morgan fingerprint density at radius 2 is 1.60 bits per heavy atom. The van der Waals surface area contributed by atoms with E-state index < -0.39 is 0 Å². The molecule has 1 aliphatic carbocycles. The van der Waals surface area contributed by atoms with Crippen LogP contribution < -0.4 is 0 Å². The third kappa shape index (κ3) is 5.23. The Hall–Kier alpha value is -1.89. The zero-order valence-electron chi connectivity index (χ0n) is 17.5. The normalized spacial score (nSPS) is 21.8. The van der Waals surface area contributed by atoms with E-state index in [0.717, 1.165) is 50.9 Å². The molecule has 3 aliphatic rings. The fraction of sp³-hybridized carbons (Fsp3) is 0.565. The molecule has 2 heterocycles. The first-order valence-electron chi connectivity index (χ1n) is 11.1. The topological polar surface area (TPSA) is 47.1 Å². The van der Waals surface area contributed by atoms with Gasteiger partial charge in [0.15, 0.2) is 0 Å². The van der Waals surface area contributed by atoms with Gasteiger partial charge in [0.2, 0.25) is 11.8 Å². The summed E-state index contributed by atoms with van der Waals surface area (Å²) in [5, 5.41) is 0.637. The number of piperazine rings is 2. The summed E-state index contributed by atoms with van der Waals surface area (Å²) < 4.78 is 0. The van der Waals surface area contributed by atoms with E-state index >= 15 is 0 Å². The predicted molar refractivity (Wildman–Crippen MR) is 119 cm³/mol. The maximum absolute atomic E-state index is 12.7. The third-order valence-electron chi connectivity index (χ3n) is 6.61. The molecule has 0 bridgehead atoms. The van der Waals surface area contributed by atoms with Crippen LogP contribution in [0, 0.1) is 0 Å². The van der Waals surface area contributed by atoms with E-state index in [0.29, 0.717) is 24.7 Å². The van der Waals surface area contributed by atoms with Crippen LogP contribution in [0.2, 0.25) is 5.02 Å². The smallest absolute Gasteiger partial charge is 0.246 e. The van der Waals surface area contributed by atoms with E-state index in [1.54, 1.807) is 12.2 Å². The van der Waals surface area contributed by atoms with Gasteiger partial charge < -0.3 is 9.80 Å². The zero-order chi connectivity index (χ0) is 20.9. The molecule has 0 aromatic heterocycles. The molecular weight excluding hydrogens is 400 g/mol. The molecule has 162 valence electrons. The van der Waals surface area contributed by atoms with Crippen molar-refractivity contribution in [2.75, 3.05) is 58.9 Å². The average molecular weight is 431 g/mol. The van der Waals surface area contributed by atoms with Gasteiger partial charge >= 0.3 is 0 Å². The Labute approximate surface area is 184 Å². The van der Waals surface area contributed by atoms with Crippen LogP contribution in [0.1, 0.15) is 24.8 Å². The SMILES string of the molecule is O=C(/C=C/c1ccccc1Cl)N1CCN(CC(=O)N2CCN(C3CCC3)CC2)CC1.